The normalized spacial score (nSPS) is 14.2. The maximum absolute atomic E-state index is 13.4. The zero-order valence-corrected chi connectivity index (χ0v) is 12.0. The fourth-order valence-corrected chi connectivity index (χ4v) is 2.25. The zero-order valence-electron chi connectivity index (χ0n) is 10.5. The summed E-state index contributed by atoms with van der Waals surface area (Å²) in [5, 5.41) is 0.783. The molecule has 2 aromatic rings. The summed E-state index contributed by atoms with van der Waals surface area (Å²) >= 11 is 11.5. The molecule has 0 saturated heterocycles. The smallest absolute Gasteiger partial charge is 0.142 e. The molecular formula is C15H14Cl2FN. The second-order valence-electron chi connectivity index (χ2n) is 4.85. The van der Waals surface area contributed by atoms with Crippen LogP contribution in [-0.4, -0.2) is 0 Å². The maximum atomic E-state index is 13.4. The highest BCUT2D eigenvalue weighted by molar-refractivity contribution is 6.30. The van der Waals surface area contributed by atoms with Gasteiger partial charge in [-0.15, -0.1) is 0 Å². The third-order valence-electron chi connectivity index (χ3n) is 3.06. The zero-order chi connectivity index (χ0) is 14.0. The van der Waals surface area contributed by atoms with Crippen molar-refractivity contribution in [2.75, 3.05) is 0 Å². The van der Waals surface area contributed by atoms with E-state index in [9.17, 15) is 4.39 Å². The highest BCUT2D eigenvalue weighted by Gasteiger charge is 2.22. The van der Waals surface area contributed by atoms with E-state index in [1.807, 2.05) is 19.1 Å². The molecule has 0 bridgehead atoms. The van der Waals surface area contributed by atoms with Crippen molar-refractivity contribution in [2.24, 2.45) is 5.73 Å². The lowest BCUT2D eigenvalue weighted by Crippen LogP contribution is -2.35. The van der Waals surface area contributed by atoms with Crippen LogP contribution >= 0.6 is 23.2 Å². The van der Waals surface area contributed by atoms with E-state index < -0.39 is 11.4 Å². The fraction of sp³-hybridized carbons (Fsp3) is 0.200. The lowest BCUT2D eigenvalue weighted by molar-refractivity contribution is 0.489. The van der Waals surface area contributed by atoms with Crippen LogP contribution in [0, 0.1) is 5.82 Å². The molecular weight excluding hydrogens is 284 g/mol. The van der Waals surface area contributed by atoms with Gasteiger partial charge in [0.15, 0.2) is 0 Å². The summed E-state index contributed by atoms with van der Waals surface area (Å²) in [5.41, 5.74) is 7.48. The van der Waals surface area contributed by atoms with Crippen LogP contribution in [0.15, 0.2) is 42.5 Å². The molecule has 4 heteroatoms. The fourth-order valence-electron chi connectivity index (χ4n) is 2.01. The van der Waals surface area contributed by atoms with Crippen LogP contribution in [0.4, 0.5) is 4.39 Å². The van der Waals surface area contributed by atoms with Crippen molar-refractivity contribution in [2.45, 2.75) is 18.9 Å². The molecule has 2 N–H and O–H groups in total. The maximum Gasteiger partial charge on any atom is 0.142 e. The summed E-state index contributed by atoms with van der Waals surface area (Å²) in [7, 11) is 0. The van der Waals surface area contributed by atoms with Crippen molar-refractivity contribution >= 4 is 23.2 Å². The van der Waals surface area contributed by atoms with Crippen LogP contribution in [0.25, 0.3) is 0 Å². The number of benzene rings is 2. The SMILES string of the molecule is CC(N)(Cc1ccc(Cl)c(F)c1)c1ccc(Cl)cc1. The van der Waals surface area contributed by atoms with E-state index in [4.69, 9.17) is 28.9 Å². The van der Waals surface area contributed by atoms with Crippen LogP contribution in [0.5, 0.6) is 0 Å². The van der Waals surface area contributed by atoms with E-state index in [1.54, 1.807) is 24.3 Å². The Kier molecular flexibility index (Phi) is 4.14. The van der Waals surface area contributed by atoms with Gasteiger partial charge in [0.1, 0.15) is 5.82 Å². The third kappa shape index (κ3) is 3.47. The lowest BCUT2D eigenvalue weighted by Gasteiger charge is -2.25. The summed E-state index contributed by atoms with van der Waals surface area (Å²) in [4.78, 5) is 0. The molecule has 1 unspecified atom stereocenters. The van der Waals surface area contributed by atoms with E-state index in [-0.39, 0.29) is 5.02 Å². The third-order valence-corrected chi connectivity index (χ3v) is 3.62. The van der Waals surface area contributed by atoms with Gasteiger partial charge in [-0.3, -0.25) is 0 Å². The highest BCUT2D eigenvalue weighted by atomic mass is 35.5. The van der Waals surface area contributed by atoms with E-state index in [2.05, 4.69) is 0 Å². The largest absolute Gasteiger partial charge is 0.321 e. The average molecular weight is 298 g/mol. The molecule has 0 aliphatic rings. The van der Waals surface area contributed by atoms with E-state index >= 15 is 0 Å². The van der Waals surface area contributed by atoms with Gasteiger partial charge in [0, 0.05) is 10.6 Å². The molecule has 1 nitrogen and oxygen atoms in total. The van der Waals surface area contributed by atoms with Gasteiger partial charge in [0.2, 0.25) is 0 Å². The van der Waals surface area contributed by atoms with Gasteiger partial charge in [0.05, 0.1) is 5.02 Å². The summed E-state index contributed by atoms with van der Waals surface area (Å²) in [6, 6.07) is 12.1. The van der Waals surface area contributed by atoms with Gasteiger partial charge < -0.3 is 5.73 Å². The Bertz CT molecular complexity index is 579. The van der Waals surface area contributed by atoms with Crippen LogP contribution in [-0.2, 0) is 12.0 Å². The first-order valence-electron chi connectivity index (χ1n) is 5.87. The first-order valence-corrected chi connectivity index (χ1v) is 6.63. The van der Waals surface area contributed by atoms with Gasteiger partial charge in [-0.1, -0.05) is 41.4 Å². The summed E-state index contributed by atoms with van der Waals surface area (Å²) in [6.07, 6.45) is 0.517. The van der Waals surface area contributed by atoms with Gasteiger partial charge >= 0.3 is 0 Å². The monoisotopic (exact) mass is 297 g/mol. The molecule has 0 saturated carbocycles. The lowest BCUT2D eigenvalue weighted by atomic mass is 9.86. The van der Waals surface area contributed by atoms with Gasteiger partial charge in [-0.2, -0.15) is 0 Å². The van der Waals surface area contributed by atoms with Gasteiger partial charge in [0.25, 0.3) is 0 Å². The van der Waals surface area contributed by atoms with Crippen molar-refractivity contribution in [1.82, 2.24) is 0 Å². The molecule has 0 aromatic heterocycles. The van der Waals surface area contributed by atoms with Crippen LogP contribution in [0.2, 0.25) is 10.0 Å². The molecule has 0 fully saturated rings. The molecule has 0 radical (unpaired) electrons. The Morgan fingerprint density at radius 2 is 1.74 bits per heavy atom. The predicted molar refractivity (Wildman–Crippen MR) is 78.1 cm³/mol. The number of hydrogen-bond donors (Lipinski definition) is 1. The molecule has 0 heterocycles. The Morgan fingerprint density at radius 3 is 2.32 bits per heavy atom. The number of hydrogen-bond acceptors (Lipinski definition) is 1. The molecule has 19 heavy (non-hydrogen) atoms. The molecule has 0 amide bonds. The second kappa shape index (κ2) is 5.49. The predicted octanol–water partition coefficient (Wildman–Crippen LogP) is 4.55. The molecule has 2 rings (SSSR count). The van der Waals surface area contributed by atoms with Gasteiger partial charge in [-0.25, -0.2) is 4.39 Å². The standard InChI is InChI=1S/C15H14Cl2FN/c1-15(19,11-3-5-12(16)6-4-11)9-10-2-7-13(17)14(18)8-10/h2-8H,9,19H2,1H3. The minimum Gasteiger partial charge on any atom is -0.321 e. The summed E-state index contributed by atoms with van der Waals surface area (Å²) < 4.78 is 13.4. The molecule has 0 aliphatic carbocycles. The topological polar surface area (TPSA) is 26.0 Å². The van der Waals surface area contributed by atoms with E-state index in [1.165, 1.54) is 6.07 Å². The van der Waals surface area contributed by atoms with Crippen LogP contribution < -0.4 is 5.73 Å². The Morgan fingerprint density at radius 1 is 1.11 bits per heavy atom. The highest BCUT2D eigenvalue weighted by Crippen LogP contribution is 2.25. The first-order chi connectivity index (χ1) is 8.88. The average Bonchev–Trinajstić information content (AvgIpc) is 2.34. The molecule has 0 aliphatic heterocycles. The first kappa shape index (κ1) is 14.3. The van der Waals surface area contributed by atoms with Crippen molar-refractivity contribution < 1.29 is 4.39 Å². The minimum atomic E-state index is -0.592. The Balaban J connectivity index is 2.25. The minimum absolute atomic E-state index is 0.119. The van der Waals surface area contributed by atoms with Crippen molar-refractivity contribution in [3.8, 4) is 0 Å². The summed E-state index contributed by atoms with van der Waals surface area (Å²) in [5.74, 6) is -0.425. The number of rotatable bonds is 3. The number of nitrogens with two attached hydrogens (primary N) is 1. The molecule has 1 atom stereocenters. The van der Waals surface area contributed by atoms with Crippen LogP contribution in [0.1, 0.15) is 18.1 Å². The van der Waals surface area contributed by atoms with Crippen molar-refractivity contribution in [3.05, 3.63) is 69.5 Å². The van der Waals surface area contributed by atoms with Crippen molar-refractivity contribution in [3.63, 3.8) is 0 Å². The van der Waals surface area contributed by atoms with E-state index in [0.717, 1.165) is 11.1 Å². The van der Waals surface area contributed by atoms with Gasteiger partial charge in [-0.05, 0) is 48.7 Å². The Labute approximate surface area is 122 Å². The number of halogens is 3. The molecule has 100 valence electrons. The molecule has 2 aromatic carbocycles. The van der Waals surface area contributed by atoms with Crippen molar-refractivity contribution in [1.29, 1.82) is 0 Å². The molecule has 0 spiro atoms. The van der Waals surface area contributed by atoms with Crippen LogP contribution in [0.3, 0.4) is 0 Å². The quantitative estimate of drug-likeness (QED) is 0.884. The van der Waals surface area contributed by atoms with E-state index in [0.29, 0.717) is 11.4 Å². The summed E-state index contributed by atoms with van der Waals surface area (Å²) in [6.45, 7) is 1.91. The second-order valence-corrected chi connectivity index (χ2v) is 5.69. The Hall–Kier alpha value is -1.09.